The van der Waals surface area contributed by atoms with Gasteiger partial charge in [0.15, 0.2) is 5.75 Å². The fourth-order valence-electron chi connectivity index (χ4n) is 4.27. The van der Waals surface area contributed by atoms with Gasteiger partial charge in [-0.3, -0.25) is 9.59 Å². The lowest BCUT2D eigenvalue weighted by molar-refractivity contribution is -0.130. The van der Waals surface area contributed by atoms with E-state index in [1.54, 1.807) is 18.0 Å². The molecule has 170 valence electrons. The molecule has 0 atom stereocenters. The SMILES string of the molecule is CC(=O)N1CCN(C(=O)c2cc3c(s2)COc2cnc(Nc4cc(C)cc(C)c4)nc2-3)CC1. The first-order chi connectivity index (χ1) is 15.9. The van der Waals surface area contributed by atoms with Gasteiger partial charge < -0.3 is 19.9 Å². The predicted molar refractivity (Wildman–Crippen MR) is 127 cm³/mol. The molecule has 0 saturated carbocycles. The Bertz CT molecular complexity index is 1230. The summed E-state index contributed by atoms with van der Waals surface area (Å²) in [4.78, 5) is 39.0. The number of aryl methyl sites for hydroxylation is 2. The van der Waals surface area contributed by atoms with E-state index in [0.717, 1.165) is 27.3 Å². The summed E-state index contributed by atoms with van der Waals surface area (Å²) in [7, 11) is 0. The summed E-state index contributed by atoms with van der Waals surface area (Å²) in [6.45, 7) is 8.28. The second-order valence-corrected chi connectivity index (χ2v) is 9.58. The fraction of sp³-hybridized carbons (Fsp3) is 0.333. The Hall–Kier alpha value is -3.46. The van der Waals surface area contributed by atoms with E-state index in [0.29, 0.717) is 55.1 Å². The zero-order valence-electron chi connectivity index (χ0n) is 18.8. The topological polar surface area (TPSA) is 87.7 Å². The third-order valence-electron chi connectivity index (χ3n) is 5.88. The van der Waals surface area contributed by atoms with E-state index < -0.39 is 0 Å². The third kappa shape index (κ3) is 4.28. The Morgan fingerprint density at radius 1 is 1.03 bits per heavy atom. The number of aromatic nitrogens is 2. The highest BCUT2D eigenvalue weighted by Crippen LogP contribution is 2.41. The van der Waals surface area contributed by atoms with E-state index in [4.69, 9.17) is 9.72 Å². The number of nitrogens with zero attached hydrogens (tertiary/aromatic N) is 4. The molecule has 9 heteroatoms. The summed E-state index contributed by atoms with van der Waals surface area (Å²) in [6.07, 6.45) is 1.68. The van der Waals surface area contributed by atoms with Crippen molar-refractivity contribution in [2.45, 2.75) is 27.4 Å². The highest BCUT2D eigenvalue weighted by atomic mass is 32.1. The Morgan fingerprint density at radius 3 is 2.42 bits per heavy atom. The van der Waals surface area contributed by atoms with Gasteiger partial charge in [0.1, 0.15) is 12.3 Å². The van der Waals surface area contributed by atoms with E-state index >= 15 is 0 Å². The van der Waals surface area contributed by atoms with Gasteiger partial charge in [0, 0.05) is 44.4 Å². The highest BCUT2D eigenvalue weighted by molar-refractivity contribution is 7.14. The number of nitrogens with one attached hydrogen (secondary N) is 1. The van der Waals surface area contributed by atoms with Crippen LogP contribution in [0, 0.1) is 13.8 Å². The van der Waals surface area contributed by atoms with Crippen LogP contribution in [0.2, 0.25) is 0 Å². The largest absolute Gasteiger partial charge is 0.484 e. The molecule has 0 spiro atoms. The number of fused-ring (bicyclic) bond motifs is 3. The van der Waals surface area contributed by atoms with Crippen molar-refractivity contribution in [2.24, 2.45) is 0 Å². The molecule has 3 aromatic rings. The molecule has 33 heavy (non-hydrogen) atoms. The van der Waals surface area contributed by atoms with Crippen molar-refractivity contribution in [3.05, 3.63) is 51.3 Å². The summed E-state index contributed by atoms with van der Waals surface area (Å²) in [5.74, 6) is 1.13. The summed E-state index contributed by atoms with van der Waals surface area (Å²) in [6, 6.07) is 8.12. The first-order valence-electron chi connectivity index (χ1n) is 10.9. The number of ether oxygens (including phenoxy) is 1. The van der Waals surface area contributed by atoms with Crippen LogP contribution in [-0.2, 0) is 11.4 Å². The van der Waals surface area contributed by atoms with E-state index in [9.17, 15) is 9.59 Å². The monoisotopic (exact) mass is 463 g/mol. The minimum absolute atomic E-state index is 0.0122. The van der Waals surface area contributed by atoms with E-state index in [-0.39, 0.29) is 11.8 Å². The summed E-state index contributed by atoms with van der Waals surface area (Å²) >= 11 is 1.44. The Balaban J connectivity index is 1.38. The maximum atomic E-state index is 13.1. The summed E-state index contributed by atoms with van der Waals surface area (Å²) in [5.41, 5.74) is 4.85. The zero-order valence-corrected chi connectivity index (χ0v) is 19.7. The standard InChI is InChI=1S/C24H25N5O3S/c1-14-8-15(2)10-17(9-14)26-24-25-12-19-22(27-24)18-11-20(33-21(18)13-32-19)23(31)29-6-4-28(5-7-29)16(3)30/h8-12H,4-7,13H2,1-3H3,(H,25,26,27). The minimum atomic E-state index is -0.0122. The number of hydrogen-bond acceptors (Lipinski definition) is 7. The van der Waals surface area contributed by atoms with Crippen LogP contribution >= 0.6 is 11.3 Å². The first-order valence-corrected chi connectivity index (χ1v) is 11.7. The molecular weight excluding hydrogens is 438 g/mol. The van der Waals surface area contributed by atoms with E-state index in [1.165, 1.54) is 11.3 Å². The Labute approximate surface area is 196 Å². The maximum absolute atomic E-state index is 13.1. The molecule has 2 amide bonds. The summed E-state index contributed by atoms with van der Waals surface area (Å²) in [5, 5.41) is 3.28. The Morgan fingerprint density at radius 2 is 1.73 bits per heavy atom. The second kappa shape index (κ2) is 8.47. The highest BCUT2D eigenvalue weighted by Gasteiger charge is 2.28. The molecule has 0 radical (unpaired) electrons. The van der Waals surface area contributed by atoms with Crippen LogP contribution in [0.5, 0.6) is 5.75 Å². The van der Waals surface area contributed by atoms with Crippen LogP contribution in [0.15, 0.2) is 30.5 Å². The first kappa shape index (κ1) is 21.4. The van der Waals surface area contributed by atoms with Gasteiger partial charge in [-0.05, 0) is 43.2 Å². The minimum Gasteiger partial charge on any atom is -0.484 e. The van der Waals surface area contributed by atoms with Crippen LogP contribution in [0.4, 0.5) is 11.6 Å². The van der Waals surface area contributed by atoms with Crippen molar-refractivity contribution in [1.82, 2.24) is 19.8 Å². The number of amides is 2. The molecule has 8 nitrogen and oxygen atoms in total. The molecule has 0 bridgehead atoms. The molecule has 5 rings (SSSR count). The molecule has 2 aliphatic heterocycles. The molecule has 4 heterocycles. The van der Waals surface area contributed by atoms with Gasteiger partial charge >= 0.3 is 0 Å². The van der Waals surface area contributed by atoms with Crippen molar-refractivity contribution in [3.8, 4) is 17.0 Å². The second-order valence-electron chi connectivity index (χ2n) is 8.44. The average molecular weight is 464 g/mol. The van der Waals surface area contributed by atoms with Crippen molar-refractivity contribution >= 4 is 34.8 Å². The number of benzene rings is 1. The van der Waals surface area contributed by atoms with Gasteiger partial charge in [-0.2, -0.15) is 0 Å². The molecule has 0 unspecified atom stereocenters. The van der Waals surface area contributed by atoms with Gasteiger partial charge in [0.05, 0.1) is 16.0 Å². The van der Waals surface area contributed by atoms with Gasteiger partial charge in [0.2, 0.25) is 11.9 Å². The number of anilines is 2. The van der Waals surface area contributed by atoms with Crippen molar-refractivity contribution in [1.29, 1.82) is 0 Å². The molecule has 0 aliphatic carbocycles. The molecule has 1 N–H and O–H groups in total. The third-order valence-corrected chi connectivity index (χ3v) is 6.98. The van der Waals surface area contributed by atoms with Crippen LogP contribution in [0.25, 0.3) is 11.3 Å². The van der Waals surface area contributed by atoms with Gasteiger partial charge in [-0.15, -0.1) is 11.3 Å². The van der Waals surface area contributed by atoms with Gasteiger partial charge in [-0.25, -0.2) is 9.97 Å². The molecule has 1 aromatic carbocycles. The number of rotatable bonds is 3. The number of thiophene rings is 1. The maximum Gasteiger partial charge on any atom is 0.264 e. The van der Waals surface area contributed by atoms with Crippen molar-refractivity contribution in [3.63, 3.8) is 0 Å². The fourth-order valence-corrected chi connectivity index (χ4v) is 5.31. The van der Waals surface area contributed by atoms with Crippen LogP contribution in [0.3, 0.4) is 0 Å². The molecule has 2 aliphatic rings. The molecule has 1 saturated heterocycles. The number of piperazine rings is 1. The molecule has 2 aromatic heterocycles. The van der Waals surface area contributed by atoms with Crippen molar-refractivity contribution in [2.75, 3.05) is 31.5 Å². The molecule has 1 fully saturated rings. The van der Waals surface area contributed by atoms with Gasteiger partial charge in [-0.1, -0.05) is 6.07 Å². The van der Waals surface area contributed by atoms with Crippen LogP contribution in [0.1, 0.15) is 32.6 Å². The predicted octanol–water partition coefficient (Wildman–Crippen LogP) is 3.76. The smallest absolute Gasteiger partial charge is 0.264 e. The van der Waals surface area contributed by atoms with E-state index in [1.807, 2.05) is 23.1 Å². The van der Waals surface area contributed by atoms with Crippen LogP contribution < -0.4 is 10.1 Å². The average Bonchev–Trinajstić information content (AvgIpc) is 3.23. The number of carbonyl (C=O) groups is 2. The van der Waals surface area contributed by atoms with Crippen molar-refractivity contribution < 1.29 is 14.3 Å². The number of carbonyl (C=O) groups excluding carboxylic acids is 2. The van der Waals surface area contributed by atoms with Gasteiger partial charge in [0.25, 0.3) is 5.91 Å². The van der Waals surface area contributed by atoms with E-state index in [2.05, 4.69) is 30.2 Å². The molecular formula is C24H25N5O3S. The lowest BCUT2D eigenvalue weighted by Gasteiger charge is -2.33. The Kier molecular flexibility index (Phi) is 5.49. The number of hydrogen-bond donors (Lipinski definition) is 1. The van der Waals surface area contributed by atoms with Crippen LogP contribution in [-0.4, -0.2) is 57.8 Å². The summed E-state index contributed by atoms with van der Waals surface area (Å²) < 4.78 is 5.86. The lowest BCUT2D eigenvalue weighted by Crippen LogP contribution is -2.49. The lowest BCUT2D eigenvalue weighted by atomic mass is 10.1. The quantitative estimate of drug-likeness (QED) is 0.636. The normalized spacial score (nSPS) is 14.9. The zero-order chi connectivity index (χ0) is 23.1.